The van der Waals surface area contributed by atoms with E-state index in [0.717, 1.165) is 0 Å². The molecule has 2 aromatic heterocycles. The molecule has 2 heterocycles. The number of alkyl halides is 3. The Bertz CT molecular complexity index is 724. The van der Waals surface area contributed by atoms with Gasteiger partial charge in [-0.3, -0.25) is 4.98 Å². The molecule has 142 valence electrons. The third-order valence-corrected chi connectivity index (χ3v) is 3.01. The van der Waals surface area contributed by atoms with Crippen LogP contribution in [0.2, 0.25) is 0 Å². The number of hydrogen-bond acceptors (Lipinski definition) is 4. The molecule has 0 aliphatic heterocycles. The van der Waals surface area contributed by atoms with Crippen LogP contribution < -0.4 is 9.47 Å². The second kappa shape index (κ2) is 6.78. The van der Waals surface area contributed by atoms with Crippen LogP contribution >= 0.6 is 0 Å². The fourth-order valence-electron chi connectivity index (χ4n) is 2.20. The highest BCUT2D eigenvalue weighted by molar-refractivity contribution is 5.63. The van der Waals surface area contributed by atoms with Gasteiger partial charge >= 0.3 is 6.18 Å². The number of ether oxygens (including phenoxy) is 2. The molecule has 0 unspecified atom stereocenters. The van der Waals surface area contributed by atoms with E-state index in [-0.39, 0.29) is 5.75 Å². The van der Waals surface area contributed by atoms with Crippen molar-refractivity contribution < 1.29 is 22.6 Å². The molecule has 4 nitrogen and oxygen atoms in total. The van der Waals surface area contributed by atoms with Gasteiger partial charge in [-0.2, -0.15) is 13.2 Å². The second-order valence-electron chi connectivity index (χ2n) is 7.85. The Morgan fingerprint density at radius 1 is 0.923 bits per heavy atom. The van der Waals surface area contributed by atoms with Crippen molar-refractivity contribution in [2.24, 2.45) is 0 Å². The van der Waals surface area contributed by atoms with Gasteiger partial charge in [0.2, 0.25) is 5.88 Å². The SMILES string of the molecule is CC(C)(C)Oc1cc(-c2cccnc2)nc(OC(C)(C)C)c1C(F)(F)F. The third kappa shape index (κ3) is 5.34. The van der Waals surface area contributed by atoms with Gasteiger partial charge in [0.1, 0.15) is 17.0 Å². The minimum Gasteiger partial charge on any atom is -0.487 e. The van der Waals surface area contributed by atoms with Crippen LogP contribution in [0, 0.1) is 0 Å². The summed E-state index contributed by atoms with van der Waals surface area (Å²) in [6.07, 6.45) is -1.58. The molecule has 0 aliphatic rings. The first-order chi connectivity index (χ1) is 11.8. The Kier molecular flexibility index (Phi) is 5.21. The van der Waals surface area contributed by atoms with Crippen molar-refractivity contribution >= 4 is 0 Å². The van der Waals surface area contributed by atoms with Crippen LogP contribution in [0.25, 0.3) is 11.3 Å². The van der Waals surface area contributed by atoms with Crippen molar-refractivity contribution in [1.82, 2.24) is 9.97 Å². The van der Waals surface area contributed by atoms with E-state index >= 15 is 0 Å². The van der Waals surface area contributed by atoms with Gasteiger partial charge in [-0.25, -0.2) is 4.98 Å². The van der Waals surface area contributed by atoms with Crippen molar-refractivity contribution in [2.45, 2.75) is 58.9 Å². The Balaban J connectivity index is 2.75. The highest BCUT2D eigenvalue weighted by Crippen LogP contribution is 2.45. The number of aromatic nitrogens is 2. The predicted molar refractivity (Wildman–Crippen MR) is 93.2 cm³/mol. The molecule has 0 atom stereocenters. The zero-order valence-electron chi connectivity index (χ0n) is 15.7. The largest absolute Gasteiger partial charge is 0.487 e. The molecule has 2 aromatic rings. The summed E-state index contributed by atoms with van der Waals surface area (Å²) < 4.78 is 52.5. The van der Waals surface area contributed by atoms with Crippen molar-refractivity contribution in [2.75, 3.05) is 0 Å². The lowest BCUT2D eigenvalue weighted by Crippen LogP contribution is -2.28. The smallest absolute Gasteiger partial charge is 0.425 e. The molecule has 2 rings (SSSR count). The lowest BCUT2D eigenvalue weighted by atomic mass is 10.1. The van der Waals surface area contributed by atoms with Gasteiger partial charge in [0.05, 0.1) is 5.69 Å². The monoisotopic (exact) mass is 368 g/mol. The zero-order valence-corrected chi connectivity index (χ0v) is 15.7. The van der Waals surface area contributed by atoms with Crippen molar-refractivity contribution in [3.8, 4) is 22.9 Å². The van der Waals surface area contributed by atoms with E-state index in [9.17, 15) is 13.2 Å². The van der Waals surface area contributed by atoms with Gasteiger partial charge in [-0.15, -0.1) is 0 Å². The summed E-state index contributed by atoms with van der Waals surface area (Å²) in [4.78, 5) is 8.12. The summed E-state index contributed by atoms with van der Waals surface area (Å²) in [5.41, 5.74) is -1.84. The molecule has 0 fully saturated rings. The maximum absolute atomic E-state index is 13.8. The number of halogens is 3. The number of hydrogen-bond donors (Lipinski definition) is 0. The standard InChI is InChI=1S/C19H23F3N2O2/c1-17(2,3)25-14-10-13(12-8-7-9-23-11-12)24-16(26-18(4,5)6)15(14)19(20,21)22/h7-11H,1-6H3. The zero-order chi connectivity index (χ0) is 19.8. The van der Waals surface area contributed by atoms with Crippen molar-refractivity contribution in [1.29, 1.82) is 0 Å². The predicted octanol–water partition coefficient (Wildman–Crippen LogP) is 5.52. The van der Waals surface area contributed by atoms with E-state index < -0.39 is 28.8 Å². The van der Waals surface area contributed by atoms with Crippen LogP contribution in [0.4, 0.5) is 13.2 Å². The molecular weight excluding hydrogens is 345 g/mol. The summed E-state index contributed by atoms with van der Waals surface area (Å²) in [5, 5.41) is 0. The van der Waals surface area contributed by atoms with E-state index in [1.807, 2.05) is 0 Å². The number of rotatable bonds is 3. The fourth-order valence-corrected chi connectivity index (χ4v) is 2.20. The Hall–Kier alpha value is -2.31. The number of pyridine rings is 2. The second-order valence-corrected chi connectivity index (χ2v) is 7.85. The van der Waals surface area contributed by atoms with Gasteiger partial charge < -0.3 is 9.47 Å². The first kappa shape index (κ1) is 20.0. The van der Waals surface area contributed by atoms with Crippen molar-refractivity contribution in [3.63, 3.8) is 0 Å². The summed E-state index contributed by atoms with van der Waals surface area (Å²) in [6.45, 7) is 10.0. The van der Waals surface area contributed by atoms with E-state index in [4.69, 9.17) is 9.47 Å². The third-order valence-electron chi connectivity index (χ3n) is 3.01. The molecule has 26 heavy (non-hydrogen) atoms. The van der Waals surface area contributed by atoms with Crippen molar-refractivity contribution in [3.05, 3.63) is 36.2 Å². The van der Waals surface area contributed by atoms with Crippen LogP contribution in [0.5, 0.6) is 11.6 Å². The van der Waals surface area contributed by atoms with Crippen LogP contribution in [-0.2, 0) is 6.18 Å². The summed E-state index contributed by atoms with van der Waals surface area (Å²) in [5.74, 6) is -0.830. The molecule has 0 aliphatic carbocycles. The molecule has 0 aromatic carbocycles. The normalized spacial score (nSPS) is 12.8. The molecule has 0 N–H and O–H groups in total. The lowest BCUT2D eigenvalue weighted by Gasteiger charge is -2.28. The Morgan fingerprint density at radius 3 is 2.00 bits per heavy atom. The van der Waals surface area contributed by atoms with E-state index in [1.165, 1.54) is 12.3 Å². The van der Waals surface area contributed by atoms with Gasteiger partial charge in [0.15, 0.2) is 5.56 Å². The first-order valence-electron chi connectivity index (χ1n) is 8.17. The average molecular weight is 368 g/mol. The minimum atomic E-state index is -4.68. The minimum absolute atomic E-state index is 0.296. The van der Waals surface area contributed by atoms with Gasteiger partial charge in [0, 0.05) is 24.0 Å². The van der Waals surface area contributed by atoms with Crippen LogP contribution in [0.15, 0.2) is 30.6 Å². The van der Waals surface area contributed by atoms with E-state index in [2.05, 4.69) is 9.97 Å². The summed E-state index contributed by atoms with van der Waals surface area (Å²) >= 11 is 0. The maximum Gasteiger partial charge on any atom is 0.425 e. The quantitative estimate of drug-likeness (QED) is 0.716. The molecule has 0 radical (unpaired) electrons. The summed E-state index contributed by atoms with van der Waals surface area (Å²) in [7, 11) is 0. The lowest BCUT2D eigenvalue weighted by molar-refractivity contribution is -0.142. The highest BCUT2D eigenvalue weighted by Gasteiger charge is 2.41. The fraction of sp³-hybridized carbons (Fsp3) is 0.474. The van der Waals surface area contributed by atoms with Gasteiger partial charge in [0.25, 0.3) is 0 Å². The topological polar surface area (TPSA) is 44.2 Å². The molecule has 0 bridgehead atoms. The Morgan fingerprint density at radius 2 is 1.54 bits per heavy atom. The summed E-state index contributed by atoms with van der Waals surface area (Å²) in [6, 6.07) is 4.67. The maximum atomic E-state index is 13.8. The van der Waals surface area contributed by atoms with Crippen LogP contribution in [-0.4, -0.2) is 21.2 Å². The van der Waals surface area contributed by atoms with Gasteiger partial charge in [-0.05, 0) is 53.7 Å². The molecule has 0 saturated heterocycles. The Labute approximate surface area is 151 Å². The van der Waals surface area contributed by atoms with E-state index in [1.54, 1.807) is 59.9 Å². The van der Waals surface area contributed by atoms with Crippen LogP contribution in [0.1, 0.15) is 47.1 Å². The number of nitrogens with zero attached hydrogens (tertiary/aromatic N) is 2. The molecule has 0 saturated carbocycles. The molecule has 7 heteroatoms. The molecular formula is C19H23F3N2O2. The van der Waals surface area contributed by atoms with E-state index in [0.29, 0.717) is 11.3 Å². The van der Waals surface area contributed by atoms with Gasteiger partial charge in [-0.1, -0.05) is 0 Å². The van der Waals surface area contributed by atoms with Crippen LogP contribution in [0.3, 0.4) is 0 Å². The average Bonchev–Trinajstić information content (AvgIpc) is 2.42. The molecule has 0 spiro atoms. The first-order valence-corrected chi connectivity index (χ1v) is 8.17. The molecule has 0 amide bonds. The highest BCUT2D eigenvalue weighted by atomic mass is 19.4.